The number of sulfone groups is 1. The summed E-state index contributed by atoms with van der Waals surface area (Å²) in [6, 6.07) is 0. The first kappa shape index (κ1) is 22.9. The molecular weight excluding hydrogens is 304 g/mol. The lowest BCUT2D eigenvalue weighted by Gasteiger charge is -2.03. The van der Waals surface area contributed by atoms with E-state index in [0.717, 1.165) is 12.8 Å². The summed E-state index contributed by atoms with van der Waals surface area (Å²) in [4.78, 5) is 0. The van der Waals surface area contributed by atoms with Crippen molar-refractivity contribution in [1.82, 2.24) is 0 Å². The second-order valence-corrected chi connectivity index (χ2v) is 9.55. The van der Waals surface area contributed by atoms with Gasteiger partial charge in [-0.1, -0.05) is 110 Å². The maximum atomic E-state index is 11.0. The molecule has 0 unspecified atom stereocenters. The third kappa shape index (κ3) is 21.9. The van der Waals surface area contributed by atoms with Crippen molar-refractivity contribution >= 4 is 9.84 Å². The molecule has 0 heterocycles. The Morgan fingerprint density at radius 2 is 0.739 bits per heavy atom. The highest BCUT2D eigenvalue weighted by Gasteiger charge is 2.00. The fourth-order valence-corrected chi connectivity index (χ4v) is 3.82. The van der Waals surface area contributed by atoms with E-state index in [4.69, 9.17) is 0 Å². The molecule has 2 nitrogen and oxygen atoms in total. The van der Waals surface area contributed by atoms with Gasteiger partial charge in [0.05, 0.1) is 0 Å². The van der Waals surface area contributed by atoms with Gasteiger partial charge in [-0.25, -0.2) is 8.42 Å². The van der Waals surface area contributed by atoms with Crippen molar-refractivity contribution in [2.24, 2.45) is 0 Å². The van der Waals surface area contributed by atoms with Crippen LogP contribution in [0, 0.1) is 0 Å². The molecule has 0 radical (unpaired) electrons. The first-order chi connectivity index (χ1) is 11.1. The van der Waals surface area contributed by atoms with Crippen LogP contribution in [0.25, 0.3) is 0 Å². The topological polar surface area (TPSA) is 34.1 Å². The zero-order chi connectivity index (χ0) is 17.2. The lowest BCUT2D eigenvalue weighted by Crippen LogP contribution is -2.02. The van der Waals surface area contributed by atoms with Gasteiger partial charge in [-0.15, -0.1) is 0 Å². The van der Waals surface area contributed by atoms with Gasteiger partial charge >= 0.3 is 0 Å². The Balaban J connectivity index is 3.03. The molecule has 0 aliphatic rings. The molecule has 0 spiro atoms. The van der Waals surface area contributed by atoms with Crippen molar-refractivity contribution < 1.29 is 8.42 Å². The van der Waals surface area contributed by atoms with E-state index in [1.54, 1.807) is 0 Å². The minimum atomic E-state index is -2.74. The summed E-state index contributed by atoms with van der Waals surface area (Å²) in [6.45, 7) is 2.28. The average molecular weight is 347 g/mol. The van der Waals surface area contributed by atoms with Crippen LogP contribution in [0.2, 0.25) is 0 Å². The lowest BCUT2D eigenvalue weighted by molar-refractivity contribution is 0.528. The van der Waals surface area contributed by atoms with Crippen molar-refractivity contribution in [2.45, 2.75) is 116 Å². The van der Waals surface area contributed by atoms with Crippen molar-refractivity contribution in [2.75, 3.05) is 12.0 Å². The highest BCUT2D eigenvalue weighted by atomic mass is 32.2. The Hall–Kier alpha value is -0.0500. The zero-order valence-electron chi connectivity index (χ0n) is 16.0. The second kappa shape index (κ2) is 16.8. The fourth-order valence-electron chi connectivity index (χ4n) is 3.09. The highest BCUT2D eigenvalue weighted by molar-refractivity contribution is 7.90. The van der Waals surface area contributed by atoms with E-state index in [1.807, 2.05) is 0 Å². The molecule has 0 amide bonds. The molecule has 0 fully saturated rings. The summed E-state index contributed by atoms with van der Waals surface area (Å²) in [5, 5.41) is 0. The molecule has 0 atom stereocenters. The largest absolute Gasteiger partial charge is 0.229 e. The molecule has 0 bridgehead atoms. The van der Waals surface area contributed by atoms with Crippen LogP contribution < -0.4 is 0 Å². The highest BCUT2D eigenvalue weighted by Crippen LogP contribution is 2.14. The van der Waals surface area contributed by atoms with E-state index in [-0.39, 0.29) is 0 Å². The standard InChI is InChI=1S/C20H42O2S/c1-3-4-5-6-7-8-9-10-11-12-13-14-15-16-17-18-19-20-23(2,21)22/h3-20H2,1-2H3. The van der Waals surface area contributed by atoms with Gasteiger partial charge in [0, 0.05) is 12.0 Å². The quantitative estimate of drug-likeness (QED) is 0.259. The van der Waals surface area contributed by atoms with Crippen LogP contribution in [0.5, 0.6) is 0 Å². The molecule has 140 valence electrons. The molecule has 0 aromatic rings. The molecule has 0 saturated heterocycles. The van der Waals surface area contributed by atoms with Crippen LogP contribution in [0.1, 0.15) is 116 Å². The molecule has 0 aromatic carbocycles. The normalized spacial score (nSPS) is 11.9. The minimum Gasteiger partial charge on any atom is -0.229 e. The minimum absolute atomic E-state index is 0.367. The van der Waals surface area contributed by atoms with Gasteiger partial charge in [0.25, 0.3) is 0 Å². The summed E-state index contributed by atoms with van der Waals surface area (Å²) in [6.07, 6.45) is 24.0. The Morgan fingerprint density at radius 3 is 1.00 bits per heavy atom. The van der Waals surface area contributed by atoms with Crippen LogP contribution in [-0.2, 0) is 9.84 Å². The van der Waals surface area contributed by atoms with Crippen LogP contribution >= 0.6 is 0 Å². The van der Waals surface area contributed by atoms with Gasteiger partial charge in [0.1, 0.15) is 9.84 Å². The van der Waals surface area contributed by atoms with Gasteiger partial charge in [-0.3, -0.25) is 0 Å². The van der Waals surface area contributed by atoms with Gasteiger partial charge < -0.3 is 0 Å². The number of rotatable bonds is 18. The number of hydrogen-bond donors (Lipinski definition) is 0. The van der Waals surface area contributed by atoms with Crippen molar-refractivity contribution in [1.29, 1.82) is 0 Å². The predicted molar refractivity (Wildman–Crippen MR) is 104 cm³/mol. The molecule has 0 saturated carbocycles. The monoisotopic (exact) mass is 346 g/mol. The van der Waals surface area contributed by atoms with E-state index in [1.165, 1.54) is 103 Å². The zero-order valence-corrected chi connectivity index (χ0v) is 16.8. The van der Waals surface area contributed by atoms with E-state index in [2.05, 4.69) is 6.92 Å². The molecular formula is C20H42O2S. The maximum absolute atomic E-state index is 11.0. The summed E-state index contributed by atoms with van der Waals surface area (Å²) >= 11 is 0. The van der Waals surface area contributed by atoms with Crippen molar-refractivity contribution in [3.8, 4) is 0 Å². The smallest absolute Gasteiger partial charge is 0.147 e. The molecule has 0 aromatic heterocycles. The van der Waals surface area contributed by atoms with E-state index < -0.39 is 9.84 Å². The van der Waals surface area contributed by atoms with Gasteiger partial charge in [0.15, 0.2) is 0 Å². The lowest BCUT2D eigenvalue weighted by atomic mass is 10.0. The summed E-state index contributed by atoms with van der Waals surface area (Å²) in [5.41, 5.74) is 0. The average Bonchev–Trinajstić information content (AvgIpc) is 2.49. The first-order valence-electron chi connectivity index (χ1n) is 10.2. The third-order valence-corrected chi connectivity index (χ3v) is 5.65. The maximum Gasteiger partial charge on any atom is 0.147 e. The molecule has 0 rings (SSSR count). The van der Waals surface area contributed by atoms with Crippen molar-refractivity contribution in [3.63, 3.8) is 0 Å². The van der Waals surface area contributed by atoms with Crippen LogP contribution in [-0.4, -0.2) is 20.4 Å². The number of hydrogen-bond acceptors (Lipinski definition) is 2. The van der Waals surface area contributed by atoms with Crippen molar-refractivity contribution in [3.05, 3.63) is 0 Å². The molecule has 0 aliphatic heterocycles. The van der Waals surface area contributed by atoms with Crippen LogP contribution in [0.15, 0.2) is 0 Å². The first-order valence-corrected chi connectivity index (χ1v) is 12.3. The Bertz CT molecular complexity index is 323. The SMILES string of the molecule is CCCCCCCCCCCCCCCCCCCS(C)(=O)=O. The van der Waals surface area contributed by atoms with Gasteiger partial charge in [-0.2, -0.15) is 0 Å². The molecule has 0 N–H and O–H groups in total. The summed E-state index contributed by atoms with van der Waals surface area (Å²) in [7, 11) is -2.74. The number of unbranched alkanes of at least 4 members (excludes halogenated alkanes) is 16. The predicted octanol–water partition coefficient (Wildman–Crippen LogP) is 6.68. The fraction of sp³-hybridized carbons (Fsp3) is 1.00. The Labute approximate surface area is 146 Å². The van der Waals surface area contributed by atoms with Gasteiger partial charge in [0.2, 0.25) is 0 Å². The molecule has 0 aliphatic carbocycles. The molecule has 3 heteroatoms. The van der Waals surface area contributed by atoms with Crippen LogP contribution in [0.4, 0.5) is 0 Å². The molecule has 23 heavy (non-hydrogen) atoms. The van der Waals surface area contributed by atoms with Gasteiger partial charge in [-0.05, 0) is 6.42 Å². The summed E-state index contributed by atoms with van der Waals surface area (Å²) in [5.74, 6) is 0.367. The van der Waals surface area contributed by atoms with Crippen LogP contribution in [0.3, 0.4) is 0 Å². The second-order valence-electron chi connectivity index (χ2n) is 7.29. The third-order valence-electron chi connectivity index (χ3n) is 4.62. The van der Waals surface area contributed by atoms with E-state index >= 15 is 0 Å². The van der Waals surface area contributed by atoms with E-state index in [0.29, 0.717) is 5.75 Å². The van der Waals surface area contributed by atoms with E-state index in [9.17, 15) is 8.42 Å². The Morgan fingerprint density at radius 1 is 0.478 bits per heavy atom. The summed E-state index contributed by atoms with van der Waals surface area (Å²) < 4.78 is 22.0. The Kier molecular flexibility index (Phi) is 16.8.